The fourth-order valence-corrected chi connectivity index (χ4v) is 0. The summed E-state index contributed by atoms with van der Waals surface area (Å²) in [6, 6.07) is 0. The van der Waals surface area contributed by atoms with Gasteiger partial charge in [-0.2, -0.15) is 13.2 Å². The van der Waals surface area contributed by atoms with Crippen molar-refractivity contribution in [1.29, 1.82) is 0 Å². The molecule has 0 heterocycles. The van der Waals surface area contributed by atoms with E-state index in [9.17, 15) is 21.6 Å². The Kier molecular flexibility index (Phi) is 9.36. The van der Waals surface area contributed by atoms with Gasteiger partial charge in [0.15, 0.2) is 0 Å². The van der Waals surface area contributed by atoms with Crippen molar-refractivity contribution >= 4 is 73.8 Å². The minimum absolute atomic E-state index is 0. The number of halogens is 4. The molecule has 0 saturated carbocycles. The van der Waals surface area contributed by atoms with Crippen LogP contribution in [0.4, 0.5) is 13.2 Å². The van der Waals surface area contributed by atoms with E-state index in [1.807, 2.05) is 0 Å². The molecule has 0 spiro atoms. The van der Waals surface area contributed by atoms with Gasteiger partial charge in [-0.05, 0) is 0 Å². The number of alkyl halides is 3. The maximum absolute atomic E-state index is 10.8. The number of hydrogen-bond acceptors (Lipinski definition) is 2. The van der Waals surface area contributed by atoms with Crippen LogP contribution in [0.3, 0.4) is 0 Å². The Morgan fingerprint density at radius 1 is 1.20 bits per heavy atom. The van der Waals surface area contributed by atoms with E-state index in [4.69, 9.17) is 0 Å². The summed E-state index contributed by atoms with van der Waals surface area (Å²) in [4.78, 5) is 0. The molecule has 0 unspecified atom stereocenters. The van der Waals surface area contributed by atoms with Gasteiger partial charge >= 0.3 is 66.9 Å². The van der Waals surface area contributed by atoms with Crippen LogP contribution >= 0.6 is 12.4 Å². The Morgan fingerprint density at radius 3 is 1.30 bits per heavy atom. The summed E-state index contributed by atoms with van der Waals surface area (Å²) in [5.41, 5.74) is -5.31. The Balaban J connectivity index is -0.000000245. The van der Waals surface area contributed by atoms with Crippen molar-refractivity contribution in [3.8, 4) is 0 Å². The molecule has 0 saturated heterocycles. The van der Waals surface area contributed by atoms with Crippen molar-refractivity contribution in [2.24, 2.45) is 5.14 Å². The summed E-state index contributed by atoms with van der Waals surface area (Å²) < 4.78 is 51.2. The normalized spacial score (nSPS) is 11.2. The molecule has 0 aliphatic rings. The predicted octanol–water partition coefficient (Wildman–Crippen LogP) is -0.432. The summed E-state index contributed by atoms with van der Waals surface area (Å²) in [7, 11) is -5.34. The molecule has 0 aromatic rings. The second-order valence-corrected chi connectivity index (χ2v) is 2.54. The van der Waals surface area contributed by atoms with Gasteiger partial charge < -0.3 is 0 Å². The number of sulfonamides is 1. The first-order valence-electron chi connectivity index (χ1n) is 1.34. The van der Waals surface area contributed by atoms with Crippen molar-refractivity contribution in [1.82, 2.24) is 0 Å². The minimum atomic E-state index is -5.34. The first kappa shape index (κ1) is 17.6. The fourth-order valence-electron chi connectivity index (χ4n) is 0. The molecule has 0 fully saturated rings. The number of primary sulfonamides is 1. The molecular formula is CH4ClF3KNO2S. The fraction of sp³-hybridized carbons (Fsp3) is 1.00. The van der Waals surface area contributed by atoms with Crippen LogP contribution < -0.4 is 5.14 Å². The molecule has 0 atom stereocenters. The van der Waals surface area contributed by atoms with Gasteiger partial charge in [0.25, 0.3) is 0 Å². The van der Waals surface area contributed by atoms with Crippen LogP contribution in [0, 0.1) is 0 Å². The zero-order valence-corrected chi connectivity index (χ0v) is 5.48. The van der Waals surface area contributed by atoms with Crippen LogP contribution in [0.15, 0.2) is 0 Å². The second kappa shape index (κ2) is 5.30. The van der Waals surface area contributed by atoms with E-state index in [0.717, 1.165) is 0 Å². The van der Waals surface area contributed by atoms with Gasteiger partial charge in [-0.3, -0.25) is 0 Å². The summed E-state index contributed by atoms with van der Waals surface area (Å²) in [5, 5.41) is 3.66. The Labute approximate surface area is 104 Å². The van der Waals surface area contributed by atoms with E-state index < -0.39 is 15.5 Å². The van der Waals surface area contributed by atoms with Crippen LogP contribution in [0.2, 0.25) is 0 Å². The summed E-state index contributed by atoms with van der Waals surface area (Å²) in [5.74, 6) is 0. The Morgan fingerprint density at radius 2 is 1.30 bits per heavy atom. The zero-order valence-electron chi connectivity index (χ0n) is 3.84. The molecule has 10 heavy (non-hydrogen) atoms. The van der Waals surface area contributed by atoms with Crippen LogP contribution in [0.5, 0.6) is 0 Å². The summed E-state index contributed by atoms with van der Waals surface area (Å²) >= 11 is 0. The first-order chi connectivity index (χ1) is 3.25. The Bertz CT molecular complexity index is 175. The van der Waals surface area contributed by atoms with Gasteiger partial charge in [-0.25, -0.2) is 13.6 Å². The van der Waals surface area contributed by atoms with E-state index >= 15 is 0 Å². The maximum atomic E-state index is 10.8. The van der Waals surface area contributed by atoms with Gasteiger partial charge in [-0.15, -0.1) is 12.4 Å². The van der Waals surface area contributed by atoms with Gasteiger partial charge in [0.05, 0.1) is 0 Å². The molecular weight excluding hydrogens is 222 g/mol. The average Bonchev–Trinajstić information content (AvgIpc) is 1.25. The third-order valence-electron chi connectivity index (χ3n) is 0.323. The SMILES string of the molecule is Cl.NS(=O)(=O)C(F)(F)F.[KH]. The van der Waals surface area contributed by atoms with E-state index in [2.05, 4.69) is 5.14 Å². The standard InChI is InChI=1S/CH2F3NO2S.ClH.K.H/c2-1(3,4)8(5,6)7;;;/h(H2,5,6,7);1H;;. The van der Waals surface area contributed by atoms with Crippen molar-refractivity contribution < 1.29 is 21.6 Å². The molecule has 0 aromatic carbocycles. The number of nitrogens with two attached hydrogens (primary N) is 1. The molecule has 0 amide bonds. The van der Waals surface area contributed by atoms with Gasteiger partial charge in [-0.1, -0.05) is 0 Å². The molecule has 9 heteroatoms. The van der Waals surface area contributed by atoms with E-state index in [1.165, 1.54) is 0 Å². The second-order valence-electron chi connectivity index (χ2n) is 0.991. The van der Waals surface area contributed by atoms with Crippen molar-refractivity contribution in [2.45, 2.75) is 5.51 Å². The average molecular weight is 226 g/mol. The van der Waals surface area contributed by atoms with Crippen LogP contribution in [0.25, 0.3) is 0 Å². The van der Waals surface area contributed by atoms with Crippen molar-refractivity contribution in [3.05, 3.63) is 0 Å². The van der Waals surface area contributed by atoms with Gasteiger partial charge in [0.2, 0.25) is 0 Å². The molecule has 0 radical (unpaired) electrons. The topological polar surface area (TPSA) is 60.2 Å². The van der Waals surface area contributed by atoms with Crippen molar-refractivity contribution in [3.63, 3.8) is 0 Å². The molecule has 2 N–H and O–H groups in total. The monoisotopic (exact) mass is 225 g/mol. The quantitative estimate of drug-likeness (QED) is 0.569. The summed E-state index contributed by atoms with van der Waals surface area (Å²) in [6.07, 6.45) is 0. The third-order valence-corrected chi connectivity index (χ3v) is 0.968. The molecule has 3 nitrogen and oxygen atoms in total. The molecule has 0 aliphatic heterocycles. The van der Waals surface area contributed by atoms with E-state index in [-0.39, 0.29) is 63.8 Å². The molecule has 0 aromatic heterocycles. The van der Waals surface area contributed by atoms with Gasteiger partial charge in [0.1, 0.15) is 0 Å². The van der Waals surface area contributed by atoms with Crippen LogP contribution in [0.1, 0.15) is 0 Å². The molecule has 60 valence electrons. The van der Waals surface area contributed by atoms with E-state index in [1.54, 1.807) is 0 Å². The molecule has 0 aliphatic carbocycles. The summed E-state index contributed by atoms with van der Waals surface area (Å²) in [6.45, 7) is 0. The first-order valence-corrected chi connectivity index (χ1v) is 2.89. The molecule has 0 rings (SSSR count). The van der Waals surface area contributed by atoms with Crippen molar-refractivity contribution in [2.75, 3.05) is 0 Å². The Hall–Kier alpha value is 1.63. The number of rotatable bonds is 0. The molecule has 0 bridgehead atoms. The number of hydrogen-bond donors (Lipinski definition) is 1. The third kappa shape index (κ3) is 6.34. The predicted molar refractivity (Wildman–Crippen MR) is 33.6 cm³/mol. The van der Waals surface area contributed by atoms with Crippen LogP contribution in [-0.4, -0.2) is 65.3 Å². The zero-order chi connectivity index (χ0) is 7.00. The van der Waals surface area contributed by atoms with Crippen LogP contribution in [-0.2, 0) is 10.0 Å². The van der Waals surface area contributed by atoms with Gasteiger partial charge in [0, 0.05) is 0 Å². The van der Waals surface area contributed by atoms with E-state index in [0.29, 0.717) is 0 Å².